The van der Waals surface area contributed by atoms with Gasteiger partial charge in [-0.15, -0.1) is 0 Å². The van der Waals surface area contributed by atoms with Crippen LogP contribution in [0.5, 0.6) is 0 Å². The second-order valence-electron chi connectivity index (χ2n) is 29.2. The van der Waals surface area contributed by atoms with E-state index in [1.165, 1.54) is 18.7 Å². The van der Waals surface area contributed by atoms with Crippen LogP contribution < -0.4 is 98.2 Å². The molecule has 1 unspecified atom stereocenters. The highest BCUT2D eigenvalue weighted by atomic mass is 19.4. The van der Waals surface area contributed by atoms with Crippen molar-refractivity contribution in [3.05, 3.63) is 72.1 Å². The van der Waals surface area contributed by atoms with E-state index in [0.717, 1.165) is 4.90 Å². The van der Waals surface area contributed by atoms with Crippen molar-refractivity contribution in [1.29, 1.82) is 0 Å². The number of para-hydroxylation sites is 2. The molecule has 0 spiro atoms. The number of fused-ring (bicyclic) bond motifs is 4. The number of hydrogen-bond donors (Lipinski definition) is 23. The predicted octanol–water partition coefficient (Wildman–Crippen LogP) is -6.20. The Bertz CT molecular complexity index is 4150. The summed E-state index contributed by atoms with van der Waals surface area (Å²) >= 11 is 0. The summed E-state index contributed by atoms with van der Waals surface area (Å²) in [6.07, 6.45) is -3.95. The Kier molecular flexibility index (Phi) is 37.6. The third-order valence-corrected chi connectivity index (χ3v) is 20.5. The van der Waals surface area contributed by atoms with Crippen molar-refractivity contribution in [3.63, 3.8) is 0 Å². The number of carboxylic acid groups (broad SMARTS) is 1. The van der Waals surface area contributed by atoms with Crippen LogP contribution in [0, 0.1) is 5.92 Å². The molecule has 3 aliphatic rings. The quantitative estimate of drug-likeness (QED) is 0.0369. The molecule has 652 valence electrons. The molecule has 0 saturated carbocycles. The number of aliphatic hydroxyl groups excluding tert-OH is 2. The highest BCUT2D eigenvalue weighted by Gasteiger charge is 2.46. The van der Waals surface area contributed by atoms with E-state index >= 15 is 0 Å². The number of H-pyrrole nitrogens is 2. The third kappa shape index (κ3) is 26.8. The zero-order chi connectivity index (χ0) is 87.3. The Labute approximate surface area is 677 Å². The van der Waals surface area contributed by atoms with Gasteiger partial charge >= 0.3 is 12.1 Å². The van der Waals surface area contributed by atoms with E-state index < -0.39 is 198 Å². The number of rotatable bonds is 21. The lowest BCUT2D eigenvalue weighted by Gasteiger charge is -2.33. The van der Waals surface area contributed by atoms with Gasteiger partial charge in [0.2, 0.25) is 82.7 Å². The Balaban J connectivity index is 0.00000295. The van der Waals surface area contributed by atoms with Crippen molar-refractivity contribution in [1.82, 2.24) is 83.6 Å². The summed E-state index contributed by atoms with van der Waals surface area (Å²) in [7, 11) is 0. The van der Waals surface area contributed by atoms with Gasteiger partial charge in [0.05, 0.1) is 12.7 Å². The van der Waals surface area contributed by atoms with Crippen LogP contribution in [0.1, 0.15) is 116 Å². The molecule has 3 fully saturated rings. The van der Waals surface area contributed by atoms with Gasteiger partial charge in [0.25, 0.3) is 0 Å². The number of alkyl halides is 3. The number of halogens is 3. The van der Waals surface area contributed by atoms with Gasteiger partial charge in [-0.05, 0) is 153 Å². The summed E-state index contributed by atoms with van der Waals surface area (Å²) in [6, 6.07) is -6.52. The van der Waals surface area contributed by atoms with Gasteiger partial charge in [0.15, 0.2) is 0 Å². The van der Waals surface area contributed by atoms with Crippen LogP contribution in [-0.2, 0) is 84.8 Å². The molecular weight excluding hydrogens is 1550 g/mol. The molecule has 16 atom stereocenters. The van der Waals surface area contributed by atoms with E-state index in [-0.39, 0.29) is 136 Å². The standard InChI is InChI=1S/C73H112N22O16.C2HF3O2/c1-5-38(2)58-70(108)88-52(24-30-79)65(103)83-47(17-10-25-74)62(100)85-49(21-27-76)63(101)86-51(23-29-78)66(104)89-53(33-41-35-80-45-15-8-6-13-43(41)45)67(105)87-50(22-28-77)64(102)84-48(20-26-75)61(99)82-39(3)60(98)91-55(37-96)72(110)95-32-12-19-57(95)73(111)94-31-11-18-56(94)69(107)93-59(40(4)97)71(109)90-54(68(106)92-58)34-42-36-81-46-16-9-7-14-44(42)46;3-2(4,5)1(6)7/h6-9,13-16,35-36,38-40,47-59,80-81,96-97H,5,10-12,17-34,37,74-79H2,1-4H3,(H,82,99)(H,83,103)(H,84,102)(H,85,100)(H,86,101)(H,87,105)(H,88,108)(H,89,104)(H,90,109)(H,91,98)(H,92,106)(H,93,107);(H,6,7)/t38-,39-,40+,47-,48-,49+,50-,51-,52-,53-,54-,55-,56?,57+,58-,59-;/m0./s1. The van der Waals surface area contributed by atoms with Crippen molar-refractivity contribution in [3.8, 4) is 0 Å². The van der Waals surface area contributed by atoms with E-state index in [9.17, 15) is 90.5 Å². The van der Waals surface area contributed by atoms with Crippen molar-refractivity contribution in [2.75, 3.05) is 59.0 Å². The van der Waals surface area contributed by atoms with E-state index in [2.05, 4.69) is 73.8 Å². The van der Waals surface area contributed by atoms with E-state index in [1.807, 2.05) is 0 Å². The number of aliphatic carboxylic acids is 1. The molecule has 7 rings (SSSR count). The first-order chi connectivity index (χ1) is 56.1. The fourth-order valence-corrected chi connectivity index (χ4v) is 13.8. The third-order valence-electron chi connectivity index (χ3n) is 20.5. The van der Waals surface area contributed by atoms with Crippen molar-refractivity contribution in [2.24, 2.45) is 40.3 Å². The zero-order valence-electron chi connectivity index (χ0n) is 66.2. The molecule has 3 aliphatic heterocycles. The number of carboxylic acids is 1. The molecule has 0 bridgehead atoms. The molecule has 14 amide bonds. The molecule has 5 heterocycles. The monoisotopic (exact) mass is 1670 g/mol. The lowest BCUT2D eigenvalue weighted by atomic mass is 9.96. The first-order valence-electron chi connectivity index (χ1n) is 39.2. The molecule has 29 N–H and O–H groups in total. The fourth-order valence-electron chi connectivity index (χ4n) is 13.8. The van der Waals surface area contributed by atoms with Gasteiger partial charge in [-0.25, -0.2) is 4.79 Å². The van der Waals surface area contributed by atoms with Crippen LogP contribution in [-0.4, -0.2) is 280 Å². The molecule has 4 aromatic rings. The average Bonchev–Trinajstić information content (AvgIpc) is 1.64. The van der Waals surface area contributed by atoms with Crippen molar-refractivity contribution in [2.45, 2.75) is 214 Å². The van der Waals surface area contributed by atoms with Gasteiger partial charge in [0.1, 0.15) is 84.6 Å². The second-order valence-corrected chi connectivity index (χ2v) is 29.2. The number of carbonyl (C=O) groups is 15. The number of aliphatic hydroxyl groups is 2. The number of nitrogens with two attached hydrogens (primary N) is 6. The Morgan fingerprint density at radius 3 is 1.19 bits per heavy atom. The zero-order valence-corrected chi connectivity index (χ0v) is 66.2. The molecular formula is C75H113F3N22O18. The van der Waals surface area contributed by atoms with Crippen molar-refractivity contribution < 1.29 is 100 Å². The topological polar surface area (TPSA) is 655 Å². The molecule has 40 nitrogen and oxygen atoms in total. The van der Waals surface area contributed by atoms with Gasteiger partial charge in [0, 0.05) is 60.1 Å². The van der Waals surface area contributed by atoms with Crippen LogP contribution in [0.25, 0.3) is 21.8 Å². The lowest BCUT2D eigenvalue weighted by molar-refractivity contribution is -0.192. The number of hydrogen-bond acceptors (Lipinski definition) is 23. The number of amides is 14. The highest BCUT2D eigenvalue weighted by Crippen LogP contribution is 2.28. The van der Waals surface area contributed by atoms with Gasteiger partial charge in [-0.2, -0.15) is 13.2 Å². The fraction of sp³-hybridized carbons (Fsp3) is 0.587. The maximum Gasteiger partial charge on any atom is 0.490 e. The molecule has 2 aromatic heterocycles. The largest absolute Gasteiger partial charge is 0.490 e. The summed E-state index contributed by atoms with van der Waals surface area (Å²) in [6.45, 7) is 3.97. The minimum absolute atomic E-state index is 0.0147. The van der Waals surface area contributed by atoms with Crippen LogP contribution in [0.15, 0.2) is 60.9 Å². The summed E-state index contributed by atoms with van der Waals surface area (Å²) < 4.78 is 31.7. The maximum absolute atomic E-state index is 15.0. The number of benzene rings is 2. The maximum atomic E-state index is 15.0. The number of aromatic nitrogens is 2. The lowest BCUT2D eigenvalue weighted by Crippen LogP contribution is -2.63. The molecule has 118 heavy (non-hydrogen) atoms. The summed E-state index contributed by atoms with van der Waals surface area (Å²) in [5, 5.41) is 61.7. The summed E-state index contributed by atoms with van der Waals surface area (Å²) in [5.41, 5.74) is 38.4. The molecule has 0 radical (unpaired) electrons. The minimum Gasteiger partial charge on any atom is -0.475 e. The first kappa shape index (κ1) is 95.9. The molecule has 43 heteroatoms. The van der Waals surface area contributed by atoms with Crippen LogP contribution in [0.2, 0.25) is 0 Å². The highest BCUT2D eigenvalue weighted by molar-refractivity contribution is 6.02. The summed E-state index contributed by atoms with van der Waals surface area (Å²) in [5.74, 6) is -16.1. The number of nitrogens with one attached hydrogen (secondary N) is 14. The number of carbonyl (C=O) groups excluding carboxylic acids is 14. The van der Waals surface area contributed by atoms with E-state index in [4.69, 9.17) is 44.3 Å². The summed E-state index contributed by atoms with van der Waals surface area (Å²) in [4.78, 5) is 221. The van der Waals surface area contributed by atoms with Crippen LogP contribution in [0.3, 0.4) is 0 Å². The molecule has 3 saturated heterocycles. The number of aromatic amines is 2. The predicted molar refractivity (Wildman–Crippen MR) is 421 cm³/mol. The average molecular weight is 1670 g/mol. The Morgan fingerprint density at radius 2 is 0.788 bits per heavy atom. The van der Waals surface area contributed by atoms with Crippen LogP contribution in [0.4, 0.5) is 13.2 Å². The van der Waals surface area contributed by atoms with E-state index in [0.29, 0.717) is 39.4 Å². The van der Waals surface area contributed by atoms with Crippen molar-refractivity contribution >= 4 is 110 Å². The van der Waals surface area contributed by atoms with Gasteiger partial charge in [-0.1, -0.05) is 56.7 Å². The Morgan fingerprint density at radius 1 is 0.449 bits per heavy atom. The molecule has 2 aromatic carbocycles. The van der Waals surface area contributed by atoms with Gasteiger partial charge < -0.3 is 133 Å². The van der Waals surface area contributed by atoms with Gasteiger partial charge in [-0.3, -0.25) is 67.1 Å². The van der Waals surface area contributed by atoms with Crippen LogP contribution >= 0.6 is 0 Å². The van der Waals surface area contributed by atoms with E-state index in [1.54, 1.807) is 74.8 Å². The second kappa shape index (κ2) is 46.3. The normalized spacial score (nSPS) is 26.1. The number of nitrogens with zero attached hydrogens (tertiary/aromatic N) is 2. The smallest absolute Gasteiger partial charge is 0.475 e. The SMILES string of the molecule is CC[C@H](C)[C@@H]1NC(=O)[C@H](Cc2c[nH]c3ccccc23)NC(=O)[C@H]([C@@H](C)O)NC(=O)C2CCCN2C(=O)[C@H]2CCCN2C(=O)[C@H](CO)NC(=O)[C@H](C)NC(=O)[C@H](CCN)NC(=O)[C@H](CCN)NC(=O)[C@H](Cc2c[nH]c3ccccc23)NC(=O)[C@H](CCN)NC(=O)[C@@H](CCN)NC(=O)[C@H](CCCN)NC(=O)[C@H](CCN)NC1=O.O=C(O)C(F)(F)F. The molecule has 0 aliphatic carbocycles. The minimum atomic E-state index is -5.08. The first-order valence-corrected chi connectivity index (χ1v) is 39.2. The Hall–Kier alpha value is -11.0.